The Morgan fingerprint density at radius 3 is 2.35 bits per heavy atom. The van der Waals surface area contributed by atoms with Crippen LogP contribution >= 0.6 is 11.8 Å². The molecular formula is C17H15N3O4S2. The summed E-state index contributed by atoms with van der Waals surface area (Å²) in [5.74, 6) is 0.492. The zero-order chi connectivity index (χ0) is 18.7. The van der Waals surface area contributed by atoms with Gasteiger partial charge in [0.05, 0.1) is 22.6 Å². The number of hydrogen-bond acceptors (Lipinski definition) is 6. The van der Waals surface area contributed by atoms with Crippen LogP contribution < -0.4 is 15.2 Å². The Bertz CT molecular complexity index is 995. The van der Waals surface area contributed by atoms with E-state index in [2.05, 4.69) is 10.3 Å². The Balaban J connectivity index is 1.78. The second-order valence-electron chi connectivity index (χ2n) is 5.29. The highest BCUT2D eigenvalue weighted by Crippen LogP contribution is 2.28. The number of nitrogens with one attached hydrogen (secondary N) is 1. The van der Waals surface area contributed by atoms with Crippen molar-refractivity contribution in [1.29, 1.82) is 0 Å². The van der Waals surface area contributed by atoms with Crippen molar-refractivity contribution in [2.24, 2.45) is 10.1 Å². The molecule has 0 radical (unpaired) electrons. The van der Waals surface area contributed by atoms with Gasteiger partial charge in [0, 0.05) is 0 Å². The van der Waals surface area contributed by atoms with Crippen LogP contribution in [0.5, 0.6) is 5.75 Å². The molecule has 0 atom stereocenters. The highest BCUT2D eigenvalue weighted by molar-refractivity contribution is 8.18. The van der Waals surface area contributed by atoms with Crippen molar-refractivity contribution in [3.63, 3.8) is 0 Å². The standard InChI is InChI=1S/C17H15N3O4S2/c1-24-13-6-2-11(3-7-13)10-15-16(21)20-17(25-15)19-12-4-8-14(9-5-12)26(18,22)23/h2-10H,1H3,(H2,18,22,23)(H,19,20,21)/b15-10+. The molecule has 0 aliphatic carbocycles. The van der Waals surface area contributed by atoms with Crippen molar-refractivity contribution >= 4 is 44.6 Å². The number of methoxy groups -OCH3 is 1. The molecule has 1 fully saturated rings. The van der Waals surface area contributed by atoms with Gasteiger partial charge in [-0.1, -0.05) is 12.1 Å². The Kier molecular flexibility index (Phi) is 5.12. The van der Waals surface area contributed by atoms with Crippen molar-refractivity contribution in [2.75, 3.05) is 7.11 Å². The molecule has 0 unspecified atom stereocenters. The highest BCUT2D eigenvalue weighted by atomic mass is 32.2. The molecule has 1 amide bonds. The topological polar surface area (TPSA) is 111 Å². The number of carbonyl (C=O) groups is 1. The molecule has 1 saturated heterocycles. The molecule has 26 heavy (non-hydrogen) atoms. The Hall–Kier alpha value is -2.62. The van der Waals surface area contributed by atoms with E-state index < -0.39 is 10.0 Å². The van der Waals surface area contributed by atoms with Crippen LogP contribution in [0, 0.1) is 0 Å². The number of aliphatic imine (C=N–C) groups is 1. The number of amides is 1. The number of ether oxygens (including phenoxy) is 1. The van der Waals surface area contributed by atoms with E-state index in [-0.39, 0.29) is 10.8 Å². The largest absolute Gasteiger partial charge is 0.497 e. The maximum absolute atomic E-state index is 12.1. The first kappa shape index (κ1) is 18.2. The van der Waals surface area contributed by atoms with E-state index in [1.54, 1.807) is 13.2 Å². The number of sulfonamides is 1. The Morgan fingerprint density at radius 2 is 1.77 bits per heavy atom. The minimum absolute atomic E-state index is 0.00431. The average molecular weight is 389 g/mol. The molecule has 2 aromatic carbocycles. The monoisotopic (exact) mass is 389 g/mol. The molecule has 1 heterocycles. The van der Waals surface area contributed by atoms with E-state index >= 15 is 0 Å². The van der Waals surface area contributed by atoms with Crippen LogP contribution in [0.4, 0.5) is 5.69 Å². The van der Waals surface area contributed by atoms with Gasteiger partial charge in [0.2, 0.25) is 10.0 Å². The van der Waals surface area contributed by atoms with Crippen molar-refractivity contribution in [1.82, 2.24) is 5.32 Å². The summed E-state index contributed by atoms with van der Waals surface area (Å²) in [7, 11) is -2.16. The molecule has 0 spiro atoms. The first-order valence-electron chi connectivity index (χ1n) is 7.42. The van der Waals surface area contributed by atoms with Crippen LogP contribution in [0.25, 0.3) is 6.08 Å². The van der Waals surface area contributed by atoms with E-state index in [9.17, 15) is 13.2 Å². The lowest BCUT2D eigenvalue weighted by molar-refractivity contribution is -0.115. The molecule has 134 valence electrons. The average Bonchev–Trinajstić information content (AvgIpc) is 2.94. The third kappa shape index (κ3) is 4.31. The summed E-state index contributed by atoms with van der Waals surface area (Å²) in [5.41, 5.74) is 1.37. The van der Waals surface area contributed by atoms with E-state index in [1.165, 1.54) is 36.0 Å². The lowest BCUT2D eigenvalue weighted by Crippen LogP contribution is -2.19. The summed E-state index contributed by atoms with van der Waals surface area (Å²) < 4.78 is 27.6. The summed E-state index contributed by atoms with van der Waals surface area (Å²) in [5, 5.41) is 8.15. The molecule has 1 aliphatic rings. The number of thioether (sulfide) groups is 1. The Labute approximate surface area is 155 Å². The van der Waals surface area contributed by atoms with E-state index in [0.717, 1.165) is 11.3 Å². The predicted molar refractivity (Wildman–Crippen MR) is 102 cm³/mol. The number of benzene rings is 2. The third-order valence-electron chi connectivity index (χ3n) is 3.46. The van der Waals surface area contributed by atoms with Crippen molar-refractivity contribution < 1.29 is 17.9 Å². The van der Waals surface area contributed by atoms with Crippen molar-refractivity contribution in [2.45, 2.75) is 4.90 Å². The molecular weight excluding hydrogens is 374 g/mol. The quantitative estimate of drug-likeness (QED) is 0.779. The van der Waals surface area contributed by atoms with Crippen LogP contribution in [0.15, 0.2) is 63.3 Å². The Morgan fingerprint density at radius 1 is 1.12 bits per heavy atom. The minimum atomic E-state index is -3.75. The fourth-order valence-corrected chi connectivity index (χ4v) is 3.52. The maximum atomic E-state index is 12.1. The van der Waals surface area contributed by atoms with Gasteiger partial charge in [-0.2, -0.15) is 0 Å². The second-order valence-corrected chi connectivity index (χ2v) is 7.89. The summed E-state index contributed by atoms with van der Waals surface area (Å²) in [6.07, 6.45) is 1.76. The van der Waals surface area contributed by atoms with Gasteiger partial charge in [0.1, 0.15) is 5.75 Å². The fraction of sp³-hybridized carbons (Fsp3) is 0.0588. The van der Waals surface area contributed by atoms with Gasteiger partial charge in [0.15, 0.2) is 5.17 Å². The number of amidine groups is 1. The minimum Gasteiger partial charge on any atom is -0.497 e. The molecule has 3 rings (SSSR count). The zero-order valence-corrected chi connectivity index (χ0v) is 15.3. The van der Waals surface area contributed by atoms with Crippen molar-refractivity contribution in [3.05, 3.63) is 59.0 Å². The number of rotatable bonds is 4. The van der Waals surface area contributed by atoms with Gasteiger partial charge < -0.3 is 10.1 Å². The number of hydrogen-bond donors (Lipinski definition) is 2. The molecule has 2 aromatic rings. The fourth-order valence-electron chi connectivity index (χ4n) is 2.16. The van der Waals surface area contributed by atoms with Crippen molar-refractivity contribution in [3.8, 4) is 5.75 Å². The molecule has 0 aromatic heterocycles. The maximum Gasteiger partial charge on any atom is 0.264 e. The number of carbonyl (C=O) groups excluding carboxylic acids is 1. The van der Waals surface area contributed by atoms with Gasteiger partial charge >= 0.3 is 0 Å². The number of nitrogens with two attached hydrogens (primary N) is 1. The smallest absolute Gasteiger partial charge is 0.264 e. The first-order chi connectivity index (χ1) is 12.3. The second kappa shape index (κ2) is 7.32. The third-order valence-corrected chi connectivity index (χ3v) is 5.30. The van der Waals surface area contributed by atoms with Gasteiger partial charge in [-0.3, -0.25) is 4.79 Å². The molecule has 1 aliphatic heterocycles. The summed E-state index contributed by atoms with van der Waals surface area (Å²) in [6, 6.07) is 13.1. The van der Waals surface area contributed by atoms with Gasteiger partial charge in [-0.15, -0.1) is 0 Å². The summed E-state index contributed by atoms with van der Waals surface area (Å²) in [4.78, 5) is 16.9. The summed E-state index contributed by atoms with van der Waals surface area (Å²) in [6.45, 7) is 0. The molecule has 0 saturated carbocycles. The van der Waals surface area contributed by atoms with Crippen LogP contribution in [0.2, 0.25) is 0 Å². The summed E-state index contributed by atoms with van der Waals surface area (Å²) >= 11 is 1.20. The SMILES string of the molecule is COc1ccc(/C=C2/SC(=Nc3ccc(S(N)(=O)=O)cc3)NC2=O)cc1. The molecule has 0 bridgehead atoms. The van der Waals surface area contributed by atoms with Crippen LogP contribution in [-0.4, -0.2) is 26.6 Å². The number of nitrogens with zero attached hydrogens (tertiary/aromatic N) is 1. The lowest BCUT2D eigenvalue weighted by Gasteiger charge is -2.00. The normalized spacial score (nSPS) is 17.5. The molecule has 7 nitrogen and oxygen atoms in total. The lowest BCUT2D eigenvalue weighted by atomic mass is 10.2. The van der Waals surface area contributed by atoms with Crippen LogP contribution in [0.3, 0.4) is 0 Å². The van der Waals surface area contributed by atoms with E-state index in [1.807, 2.05) is 24.3 Å². The van der Waals surface area contributed by atoms with E-state index in [4.69, 9.17) is 9.88 Å². The van der Waals surface area contributed by atoms with Crippen LogP contribution in [0.1, 0.15) is 5.56 Å². The van der Waals surface area contributed by atoms with Crippen LogP contribution in [-0.2, 0) is 14.8 Å². The van der Waals surface area contributed by atoms with Gasteiger partial charge in [-0.05, 0) is 59.8 Å². The highest BCUT2D eigenvalue weighted by Gasteiger charge is 2.23. The first-order valence-corrected chi connectivity index (χ1v) is 9.78. The zero-order valence-electron chi connectivity index (χ0n) is 13.7. The van der Waals surface area contributed by atoms with E-state index in [0.29, 0.717) is 15.8 Å². The van der Waals surface area contributed by atoms with Gasteiger partial charge in [0.25, 0.3) is 5.91 Å². The molecule has 9 heteroatoms. The molecule has 3 N–H and O–H groups in total. The van der Waals surface area contributed by atoms with Gasteiger partial charge in [-0.25, -0.2) is 18.5 Å². The predicted octanol–water partition coefficient (Wildman–Crippen LogP) is 2.23. The number of primary sulfonamides is 1.